The molecule has 0 radical (unpaired) electrons. The van der Waals surface area contributed by atoms with Gasteiger partial charge in [0.05, 0.1) is 24.6 Å². The average molecular weight is 403 g/mol. The number of hydrogen-bond donors (Lipinski definition) is 2. The van der Waals surface area contributed by atoms with Crippen molar-refractivity contribution in [2.24, 2.45) is 13.0 Å². The Bertz CT molecular complexity index is 751. The Morgan fingerprint density at radius 1 is 1.33 bits per heavy atom. The summed E-state index contributed by atoms with van der Waals surface area (Å²) < 4.78 is 40.6. The SMILES string of the molecule is Cl.Cn1cc([C@H]2CNC[C@@H]2C(=O)NC(CC(F)(F)F)c2ccccc2)cn1. The van der Waals surface area contributed by atoms with Gasteiger partial charge in [-0.05, 0) is 11.1 Å². The second-order valence-corrected chi connectivity index (χ2v) is 6.61. The molecule has 0 aliphatic carbocycles. The van der Waals surface area contributed by atoms with Crippen molar-refractivity contribution in [2.75, 3.05) is 13.1 Å². The maximum atomic E-state index is 13.0. The normalized spacial score (nSPS) is 20.7. The molecule has 1 fully saturated rings. The van der Waals surface area contributed by atoms with Gasteiger partial charge in [-0.3, -0.25) is 9.48 Å². The second kappa shape index (κ2) is 8.75. The number of nitrogens with one attached hydrogen (secondary N) is 2. The van der Waals surface area contributed by atoms with Crippen LogP contribution >= 0.6 is 12.4 Å². The Labute approximate surface area is 161 Å². The molecule has 5 nitrogen and oxygen atoms in total. The highest BCUT2D eigenvalue weighted by Crippen LogP contribution is 2.32. The van der Waals surface area contributed by atoms with Gasteiger partial charge in [0.1, 0.15) is 0 Å². The number of carbonyl (C=O) groups excluding carboxylic acids is 1. The van der Waals surface area contributed by atoms with E-state index in [1.807, 2.05) is 6.20 Å². The van der Waals surface area contributed by atoms with Crippen LogP contribution in [-0.2, 0) is 11.8 Å². The molecule has 2 aromatic rings. The van der Waals surface area contributed by atoms with Crippen molar-refractivity contribution in [3.63, 3.8) is 0 Å². The van der Waals surface area contributed by atoms with E-state index in [4.69, 9.17) is 0 Å². The Morgan fingerprint density at radius 3 is 2.63 bits per heavy atom. The third-order valence-corrected chi connectivity index (χ3v) is 4.66. The molecular formula is C18H22ClF3N4O. The zero-order valence-electron chi connectivity index (χ0n) is 14.7. The largest absolute Gasteiger partial charge is 0.391 e. The van der Waals surface area contributed by atoms with Gasteiger partial charge in [-0.2, -0.15) is 18.3 Å². The van der Waals surface area contributed by atoms with Gasteiger partial charge in [-0.1, -0.05) is 30.3 Å². The number of nitrogens with zero attached hydrogens (tertiary/aromatic N) is 2. The van der Waals surface area contributed by atoms with Crippen LogP contribution < -0.4 is 10.6 Å². The molecule has 2 N–H and O–H groups in total. The Balaban J connectivity index is 0.00000261. The maximum Gasteiger partial charge on any atom is 0.391 e. The molecule has 27 heavy (non-hydrogen) atoms. The summed E-state index contributed by atoms with van der Waals surface area (Å²) in [4.78, 5) is 12.8. The van der Waals surface area contributed by atoms with Crippen LogP contribution in [0.3, 0.4) is 0 Å². The Kier molecular flexibility index (Phi) is 6.89. The molecule has 1 aromatic heterocycles. The highest BCUT2D eigenvalue weighted by atomic mass is 35.5. The first kappa shape index (κ1) is 21.2. The van der Waals surface area contributed by atoms with Crippen LogP contribution in [0.25, 0.3) is 0 Å². The van der Waals surface area contributed by atoms with Crippen LogP contribution in [0.4, 0.5) is 13.2 Å². The topological polar surface area (TPSA) is 59.0 Å². The van der Waals surface area contributed by atoms with Crippen molar-refractivity contribution >= 4 is 18.3 Å². The monoisotopic (exact) mass is 402 g/mol. The van der Waals surface area contributed by atoms with Crippen LogP contribution in [-0.4, -0.2) is 35.0 Å². The third kappa shape index (κ3) is 5.46. The molecule has 0 spiro atoms. The van der Waals surface area contributed by atoms with Crippen molar-refractivity contribution in [2.45, 2.75) is 24.6 Å². The van der Waals surface area contributed by atoms with Crippen LogP contribution in [0.2, 0.25) is 0 Å². The minimum atomic E-state index is -4.37. The van der Waals surface area contributed by atoms with E-state index in [0.717, 1.165) is 5.56 Å². The number of rotatable bonds is 5. The minimum absolute atomic E-state index is 0. The molecule has 1 aromatic carbocycles. The number of benzene rings is 1. The molecule has 1 aliphatic heterocycles. The number of alkyl halides is 3. The third-order valence-electron chi connectivity index (χ3n) is 4.66. The standard InChI is InChI=1S/C18H21F3N4O.ClH/c1-25-11-13(8-23-25)14-9-22-10-15(14)17(26)24-16(7-18(19,20)21)12-5-3-2-4-6-12;/h2-6,8,11,14-16,22H,7,9-10H2,1H3,(H,24,26);1H/t14-,15+,16?;/m1./s1. The summed E-state index contributed by atoms with van der Waals surface area (Å²) in [5.74, 6) is -0.911. The van der Waals surface area contributed by atoms with Gasteiger partial charge < -0.3 is 10.6 Å². The zero-order chi connectivity index (χ0) is 18.7. The first-order valence-electron chi connectivity index (χ1n) is 8.45. The van der Waals surface area contributed by atoms with E-state index >= 15 is 0 Å². The van der Waals surface area contributed by atoms with Gasteiger partial charge in [0.15, 0.2) is 0 Å². The summed E-state index contributed by atoms with van der Waals surface area (Å²) in [5.41, 5.74) is 1.35. The van der Waals surface area contributed by atoms with E-state index < -0.39 is 24.6 Å². The lowest BCUT2D eigenvalue weighted by Crippen LogP contribution is -2.38. The average Bonchev–Trinajstić information content (AvgIpc) is 3.22. The molecule has 2 heterocycles. The first-order chi connectivity index (χ1) is 12.3. The van der Waals surface area contributed by atoms with Crippen LogP contribution in [0.15, 0.2) is 42.7 Å². The fourth-order valence-corrected chi connectivity index (χ4v) is 3.38. The van der Waals surface area contributed by atoms with Gasteiger partial charge in [-0.15, -0.1) is 12.4 Å². The highest BCUT2D eigenvalue weighted by molar-refractivity contribution is 5.85. The van der Waals surface area contributed by atoms with E-state index in [9.17, 15) is 18.0 Å². The maximum absolute atomic E-state index is 13.0. The van der Waals surface area contributed by atoms with E-state index in [-0.39, 0.29) is 24.2 Å². The van der Waals surface area contributed by atoms with Crippen molar-refractivity contribution in [1.29, 1.82) is 0 Å². The zero-order valence-corrected chi connectivity index (χ0v) is 15.6. The lowest BCUT2D eigenvalue weighted by atomic mass is 9.89. The molecule has 1 saturated heterocycles. The van der Waals surface area contributed by atoms with Crippen LogP contribution in [0.1, 0.15) is 29.5 Å². The number of halogens is 4. The van der Waals surface area contributed by atoms with Gasteiger partial charge in [0, 0.05) is 32.3 Å². The highest BCUT2D eigenvalue weighted by Gasteiger charge is 2.38. The van der Waals surface area contributed by atoms with Crippen molar-refractivity contribution < 1.29 is 18.0 Å². The summed E-state index contributed by atoms with van der Waals surface area (Å²) in [6.07, 6.45) is -1.93. The molecule has 3 atom stereocenters. The second-order valence-electron chi connectivity index (χ2n) is 6.61. The number of carbonyl (C=O) groups is 1. The predicted octanol–water partition coefficient (Wildman–Crippen LogP) is 2.95. The van der Waals surface area contributed by atoms with Crippen molar-refractivity contribution in [1.82, 2.24) is 20.4 Å². The molecule has 1 amide bonds. The lowest BCUT2D eigenvalue weighted by molar-refractivity contribution is -0.143. The Morgan fingerprint density at radius 2 is 2.04 bits per heavy atom. The van der Waals surface area contributed by atoms with Crippen molar-refractivity contribution in [3.05, 3.63) is 53.9 Å². The molecular weight excluding hydrogens is 381 g/mol. The summed E-state index contributed by atoms with van der Waals surface area (Å²) in [5, 5.41) is 9.88. The molecule has 148 valence electrons. The van der Waals surface area contributed by atoms with Gasteiger partial charge in [-0.25, -0.2) is 0 Å². The Hall–Kier alpha value is -2.06. The van der Waals surface area contributed by atoms with E-state index in [2.05, 4.69) is 15.7 Å². The van der Waals surface area contributed by atoms with Gasteiger partial charge in [0.25, 0.3) is 0 Å². The molecule has 0 saturated carbocycles. The van der Waals surface area contributed by atoms with Crippen LogP contribution in [0.5, 0.6) is 0 Å². The quantitative estimate of drug-likeness (QED) is 0.808. The number of hydrogen-bond acceptors (Lipinski definition) is 3. The fraction of sp³-hybridized carbons (Fsp3) is 0.444. The molecule has 1 aliphatic rings. The smallest absolute Gasteiger partial charge is 0.349 e. The minimum Gasteiger partial charge on any atom is -0.349 e. The summed E-state index contributed by atoms with van der Waals surface area (Å²) >= 11 is 0. The molecule has 0 bridgehead atoms. The van der Waals surface area contributed by atoms with E-state index in [1.54, 1.807) is 48.3 Å². The number of aromatic nitrogens is 2. The summed E-state index contributed by atoms with van der Waals surface area (Å²) in [6, 6.07) is 7.17. The van der Waals surface area contributed by atoms with Crippen LogP contribution in [0, 0.1) is 5.92 Å². The van der Waals surface area contributed by atoms with E-state index in [1.165, 1.54) is 0 Å². The number of amides is 1. The predicted molar refractivity (Wildman–Crippen MR) is 97.6 cm³/mol. The lowest BCUT2D eigenvalue weighted by Gasteiger charge is -2.24. The van der Waals surface area contributed by atoms with Gasteiger partial charge >= 0.3 is 6.18 Å². The molecule has 1 unspecified atom stereocenters. The summed E-state index contributed by atoms with van der Waals surface area (Å²) in [7, 11) is 1.79. The molecule has 9 heteroatoms. The van der Waals surface area contributed by atoms with E-state index in [0.29, 0.717) is 18.7 Å². The first-order valence-corrected chi connectivity index (χ1v) is 8.45. The van der Waals surface area contributed by atoms with Gasteiger partial charge in [0.2, 0.25) is 5.91 Å². The molecule has 3 rings (SSSR count). The van der Waals surface area contributed by atoms with Crippen molar-refractivity contribution in [3.8, 4) is 0 Å². The number of aryl methyl sites for hydroxylation is 1. The fourth-order valence-electron chi connectivity index (χ4n) is 3.38. The summed E-state index contributed by atoms with van der Waals surface area (Å²) in [6.45, 7) is 1.03.